The second-order valence-electron chi connectivity index (χ2n) is 6.08. The lowest BCUT2D eigenvalue weighted by molar-refractivity contribution is -0.120. The van der Waals surface area contributed by atoms with E-state index in [-0.39, 0.29) is 12.3 Å². The third kappa shape index (κ3) is 6.89. The van der Waals surface area contributed by atoms with Gasteiger partial charge in [-0.2, -0.15) is 5.10 Å². The van der Waals surface area contributed by atoms with Crippen molar-refractivity contribution < 1.29 is 14.3 Å². The average molecular weight is 411 g/mol. The number of ether oxygens (including phenoxy) is 2. The maximum absolute atomic E-state index is 11.8. The summed E-state index contributed by atoms with van der Waals surface area (Å²) in [5.41, 5.74) is 9.94. The third-order valence-electron chi connectivity index (χ3n) is 3.72. The zero-order chi connectivity index (χ0) is 20.5. The Bertz CT molecular complexity index is 955. The standard InChI is InChI=1S/C20H21N5O3S/c1-14-2-6-16(7-3-14)27-10-11-28-17-8-4-15(5-9-17)13-22-23-18(26)12-19-24-25-20(21)29-19/h2-9,13H,10-12H2,1H3,(H2,21,25)(H,23,26)/b22-13+. The highest BCUT2D eigenvalue weighted by molar-refractivity contribution is 7.15. The summed E-state index contributed by atoms with van der Waals surface area (Å²) >= 11 is 1.17. The van der Waals surface area contributed by atoms with Crippen molar-refractivity contribution in [2.24, 2.45) is 5.10 Å². The molecule has 0 aliphatic heterocycles. The normalized spacial score (nSPS) is 10.8. The van der Waals surface area contributed by atoms with Crippen LogP contribution in [0.1, 0.15) is 16.1 Å². The number of hydrogen-bond donors (Lipinski definition) is 2. The second-order valence-corrected chi connectivity index (χ2v) is 7.18. The number of hydrazone groups is 1. The molecule has 0 aliphatic rings. The van der Waals surface area contributed by atoms with Crippen molar-refractivity contribution in [2.75, 3.05) is 18.9 Å². The van der Waals surface area contributed by atoms with Gasteiger partial charge < -0.3 is 15.2 Å². The first-order valence-electron chi connectivity index (χ1n) is 8.90. The fraction of sp³-hybridized carbons (Fsp3) is 0.200. The number of aromatic nitrogens is 2. The Morgan fingerprint density at radius 1 is 1.07 bits per heavy atom. The number of aryl methyl sites for hydroxylation is 1. The number of anilines is 1. The Morgan fingerprint density at radius 3 is 2.28 bits per heavy atom. The molecule has 8 nitrogen and oxygen atoms in total. The van der Waals surface area contributed by atoms with Crippen molar-refractivity contribution in [1.82, 2.24) is 15.6 Å². The van der Waals surface area contributed by atoms with Crippen LogP contribution in [-0.2, 0) is 11.2 Å². The molecular weight excluding hydrogens is 390 g/mol. The molecule has 0 unspecified atom stereocenters. The number of nitrogens with one attached hydrogen (secondary N) is 1. The molecule has 1 aromatic heterocycles. The summed E-state index contributed by atoms with van der Waals surface area (Å²) in [6.45, 7) is 2.93. The number of amides is 1. The summed E-state index contributed by atoms with van der Waals surface area (Å²) in [6.07, 6.45) is 1.64. The van der Waals surface area contributed by atoms with Gasteiger partial charge in [-0.05, 0) is 48.9 Å². The van der Waals surface area contributed by atoms with Crippen molar-refractivity contribution >= 4 is 28.6 Å². The van der Waals surface area contributed by atoms with Crippen LogP contribution in [0, 0.1) is 6.92 Å². The first-order valence-corrected chi connectivity index (χ1v) is 9.72. The van der Waals surface area contributed by atoms with Crippen LogP contribution in [0.4, 0.5) is 5.13 Å². The average Bonchev–Trinajstić information content (AvgIpc) is 3.12. The van der Waals surface area contributed by atoms with Gasteiger partial charge in [-0.25, -0.2) is 5.43 Å². The van der Waals surface area contributed by atoms with Crippen molar-refractivity contribution in [3.63, 3.8) is 0 Å². The SMILES string of the molecule is Cc1ccc(OCCOc2ccc(/C=N/NC(=O)Cc3nnc(N)s3)cc2)cc1. The minimum atomic E-state index is -0.286. The van der Waals surface area contributed by atoms with Gasteiger partial charge >= 0.3 is 0 Å². The Labute approximate surface area is 172 Å². The molecule has 0 saturated heterocycles. The molecular formula is C20H21N5O3S. The van der Waals surface area contributed by atoms with Crippen LogP contribution in [0.15, 0.2) is 53.6 Å². The van der Waals surface area contributed by atoms with Gasteiger partial charge in [0.05, 0.1) is 12.6 Å². The van der Waals surface area contributed by atoms with Crippen LogP contribution < -0.4 is 20.6 Å². The van der Waals surface area contributed by atoms with Crippen LogP contribution >= 0.6 is 11.3 Å². The summed E-state index contributed by atoms with van der Waals surface area (Å²) < 4.78 is 11.3. The molecule has 1 amide bonds. The smallest absolute Gasteiger partial charge is 0.247 e. The quantitative estimate of drug-likeness (QED) is 0.318. The number of rotatable bonds is 9. The topological polar surface area (TPSA) is 112 Å². The number of nitrogens with two attached hydrogens (primary N) is 1. The van der Waals surface area contributed by atoms with Crippen LogP contribution in [0.2, 0.25) is 0 Å². The number of hydrogen-bond acceptors (Lipinski definition) is 8. The number of nitrogen functional groups attached to an aromatic ring is 1. The van der Waals surface area contributed by atoms with Gasteiger partial charge in [0.25, 0.3) is 0 Å². The number of carbonyl (C=O) groups is 1. The maximum Gasteiger partial charge on any atom is 0.247 e. The molecule has 150 valence electrons. The molecule has 3 aromatic rings. The van der Waals surface area contributed by atoms with E-state index in [1.165, 1.54) is 16.9 Å². The zero-order valence-electron chi connectivity index (χ0n) is 15.9. The molecule has 3 rings (SSSR count). The van der Waals surface area contributed by atoms with Crippen LogP contribution in [0.3, 0.4) is 0 Å². The summed E-state index contributed by atoms with van der Waals surface area (Å²) in [6, 6.07) is 15.2. The minimum Gasteiger partial charge on any atom is -0.490 e. The van der Waals surface area contributed by atoms with E-state index in [4.69, 9.17) is 15.2 Å². The van der Waals surface area contributed by atoms with Gasteiger partial charge in [0.2, 0.25) is 11.0 Å². The monoisotopic (exact) mass is 411 g/mol. The highest BCUT2D eigenvalue weighted by Crippen LogP contribution is 2.13. The number of carbonyl (C=O) groups excluding carboxylic acids is 1. The lowest BCUT2D eigenvalue weighted by Crippen LogP contribution is -2.19. The molecule has 0 aliphatic carbocycles. The second kappa shape index (κ2) is 10.2. The van der Waals surface area contributed by atoms with E-state index in [0.29, 0.717) is 23.4 Å². The van der Waals surface area contributed by atoms with Gasteiger partial charge in [0, 0.05) is 0 Å². The highest BCUT2D eigenvalue weighted by atomic mass is 32.1. The van der Waals surface area contributed by atoms with E-state index >= 15 is 0 Å². The van der Waals surface area contributed by atoms with Crippen LogP contribution in [0.5, 0.6) is 11.5 Å². The lowest BCUT2D eigenvalue weighted by Gasteiger charge is -2.08. The third-order valence-corrected chi connectivity index (χ3v) is 4.47. The van der Waals surface area contributed by atoms with E-state index < -0.39 is 0 Å². The molecule has 0 saturated carbocycles. The summed E-state index contributed by atoms with van der Waals surface area (Å²) in [5.74, 6) is 1.26. The molecule has 9 heteroatoms. The van der Waals surface area contributed by atoms with Crippen molar-refractivity contribution in [3.05, 3.63) is 64.7 Å². The molecule has 0 bridgehead atoms. The summed E-state index contributed by atoms with van der Waals surface area (Å²) in [5, 5.41) is 12.3. The fourth-order valence-electron chi connectivity index (χ4n) is 2.30. The number of nitrogens with zero attached hydrogens (tertiary/aromatic N) is 3. The molecule has 0 fully saturated rings. The van der Waals surface area contributed by atoms with Gasteiger partial charge in [0.1, 0.15) is 29.7 Å². The highest BCUT2D eigenvalue weighted by Gasteiger charge is 2.07. The van der Waals surface area contributed by atoms with E-state index in [0.717, 1.165) is 17.1 Å². The summed E-state index contributed by atoms with van der Waals surface area (Å²) in [4.78, 5) is 11.8. The Kier molecular flexibility index (Phi) is 7.12. The predicted octanol–water partition coefficient (Wildman–Crippen LogP) is 2.58. The molecule has 0 spiro atoms. The first-order chi connectivity index (χ1) is 14.1. The van der Waals surface area contributed by atoms with E-state index in [9.17, 15) is 4.79 Å². The Hall–Kier alpha value is -3.46. The van der Waals surface area contributed by atoms with E-state index in [1.54, 1.807) is 6.21 Å². The minimum absolute atomic E-state index is 0.0869. The molecule has 2 aromatic carbocycles. The predicted molar refractivity (Wildman–Crippen MR) is 112 cm³/mol. The fourth-order valence-corrected chi connectivity index (χ4v) is 2.91. The molecule has 0 radical (unpaired) electrons. The van der Waals surface area contributed by atoms with Gasteiger partial charge in [-0.3, -0.25) is 4.79 Å². The van der Waals surface area contributed by atoms with Crippen molar-refractivity contribution in [3.8, 4) is 11.5 Å². The van der Waals surface area contributed by atoms with Crippen LogP contribution in [0.25, 0.3) is 0 Å². The zero-order valence-corrected chi connectivity index (χ0v) is 16.7. The van der Waals surface area contributed by atoms with Gasteiger partial charge in [0.15, 0.2) is 0 Å². The van der Waals surface area contributed by atoms with E-state index in [1.807, 2.05) is 55.5 Å². The largest absolute Gasteiger partial charge is 0.490 e. The molecule has 3 N–H and O–H groups in total. The van der Waals surface area contributed by atoms with Crippen molar-refractivity contribution in [2.45, 2.75) is 13.3 Å². The van der Waals surface area contributed by atoms with Gasteiger partial charge in [-0.1, -0.05) is 29.0 Å². The first kappa shape index (κ1) is 20.3. The van der Waals surface area contributed by atoms with Crippen LogP contribution in [-0.4, -0.2) is 35.5 Å². The molecule has 29 heavy (non-hydrogen) atoms. The number of benzene rings is 2. The lowest BCUT2D eigenvalue weighted by atomic mass is 10.2. The van der Waals surface area contributed by atoms with Gasteiger partial charge in [-0.15, -0.1) is 10.2 Å². The summed E-state index contributed by atoms with van der Waals surface area (Å²) in [7, 11) is 0. The molecule has 0 atom stereocenters. The Morgan fingerprint density at radius 2 is 1.69 bits per heavy atom. The van der Waals surface area contributed by atoms with E-state index in [2.05, 4.69) is 20.7 Å². The molecule has 1 heterocycles. The Balaban J connectivity index is 1.37. The maximum atomic E-state index is 11.8. The van der Waals surface area contributed by atoms with Crippen molar-refractivity contribution in [1.29, 1.82) is 0 Å².